The smallest absolute Gasteiger partial charge is 0.315 e. The van der Waals surface area contributed by atoms with Gasteiger partial charge in [0.15, 0.2) is 0 Å². The molecule has 2 aliphatic carbocycles. The molecule has 4 heteroatoms. The standard InChI is InChI=1S/C13H24N2O2/c16-10-13(8-4-1-5-9-13)15-12(17)14-11-6-2-3-7-11/h11,16H,1-10H2,(H2,14,15,17). The quantitative estimate of drug-likeness (QED) is 0.706. The van der Waals surface area contributed by atoms with E-state index in [4.69, 9.17) is 0 Å². The highest BCUT2D eigenvalue weighted by molar-refractivity contribution is 5.75. The lowest BCUT2D eigenvalue weighted by Crippen LogP contribution is -2.56. The molecule has 2 rings (SSSR count). The molecule has 0 aromatic heterocycles. The average Bonchev–Trinajstić information content (AvgIpc) is 2.83. The van der Waals surface area contributed by atoms with Gasteiger partial charge in [-0.2, -0.15) is 0 Å². The number of carbonyl (C=O) groups is 1. The summed E-state index contributed by atoms with van der Waals surface area (Å²) in [4.78, 5) is 11.9. The highest BCUT2D eigenvalue weighted by Crippen LogP contribution is 2.27. The second kappa shape index (κ2) is 5.71. The summed E-state index contributed by atoms with van der Waals surface area (Å²) in [6.07, 6.45) is 9.86. The third kappa shape index (κ3) is 3.35. The number of aliphatic hydroxyl groups excluding tert-OH is 1. The zero-order chi connectivity index (χ0) is 12.1. The summed E-state index contributed by atoms with van der Waals surface area (Å²) in [6.45, 7) is 0.0606. The van der Waals surface area contributed by atoms with Gasteiger partial charge in [0.2, 0.25) is 0 Å². The molecular formula is C13H24N2O2. The van der Waals surface area contributed by atoms with Gasteiger partial charge in [0.05, 0.1) is 12.1 Å². The third-order valence-electron chi connectivity index (χ3n) is 4.18. The van der Waals surface area contributed by atoms with Crippen LogP contribution in [0.15, 0.2) is 0 Å². The molecule has 17 heavy (non-hydrogen) atoms. The summed E-state index contributed by atoms with van der Waals surface area (Å²) in [6, 6.07) is 0.252. The van der Waals surface area contributed by atoms with Crippen LogP contribution < -0.4 is 10.6 Å². The van der Waals surface area contributed by atoms with E-state index in [0.717, 1.165) is 38.5 Å². The number of aliphatic hydroxyl groups is 1. The molecule has 2 fully saturated rings. The maximum Gasteiger partial charge on any atom is 0.315 e. The molecule has 0 aromatic carbocycles. The number of amides is 2. The molecule has 0 heterocycles. The van der Waals surface area contributed by atoms with E-state index >= 15 is 0 Å². The van der Waals surface area contributed by atoms with Crippen molar-refractivity contribution in [3.63, 3.8) is 0 Å². The summed E-state index contributed by atoms with van der Waals surface area (Å²) in [7, 11) is 0. The number of hydrogen-bond donors (Lipinski definition) is 3. The molecule has 98 valence electrons. The number of urea groups is 1. The zero-order valence-electron chi connectivity index (χ0n) is 10.5. The van der Waals surface area contributed by atoms with Crippen molar-refractivity contribution in [1.82, 2.24) is 10.6 Å². The van der Waals surface area contributed by atoms with Gasteiger partial charge in [0.1, 0.15) is 0 Å². The van der Waals surface area contributed by atoms with E-state index in [9.17, 15) is 9.90 Å². The Morgan fingerprint density at radius 1 is 1.12 bits per heavy atom. The number of hydrogen-bond acceptors (Lipinski definition) is 2. The van der Waals surface area contributed by atoms with Crippen LogP contribution in [0.1, 0.15) is 57.8 Å². The predicted molar refractivity (Wildman–Crippen MR) is 66.8 cm³/mol. The van der Waals surface area contributed by atoms with Gasteiger partial charge in [0, 0.05) is 6.04 Å². The summed E-state index contributed by atoms with van der Waals surface area (Å²) in [5.74, 6) is 0. The van der Waals surface area contributed by atoms with Crippen molar-refractivity contribution < 1.29 is 9.90 Å². The van der Waals surface area contributed by atoms with Crippen molar-refractivity contribution in [2.75, 3.05) is 6.61 Å². The molecule has 0 atom stereocenters. The maximum absolute atomic E-state index is 11.9. The average molecular weight is 240 g/mol. The van der Waals surface area contributed by atoms with E-state index < -0.39 is 0 Å². The topological polar surface area (TPSA) is 61.4 Å². The second-order valence-electron chi connectivity index (χ2n) is 5.58. The monoisotopic (exact) mass is 240 g/mol. The molecule has 0 bridgehead atoms. The Kier molecular flexibility index (Phi) is 4.26. The summed E-state index contributed by atoms with van der Waals surface area (Å²) in [5, 5.41) is 15.5. The van der Waals surface area contributed by atoms with Gasteiger partial charge >= 0.3 is 6.03 Å². The summed E-state index contributed by atoms with van der Waals surface area (Å²) >= 11 is 0. The number of nitrogens with one attached hydrogen (secondary N) is 2. The van der Waals surface area contributed by atoms with Gasteiger partial charge in [-0.05, 0) is 25.7 Å². The Morgan fingerprint density at radius 3 is 2.35 bits per heavy atom. The van der Waals surface area contributed by atoms with Gasteiger partial charge < -0.3 is 15.7 Å². The minimum absolute atomic E-state index is 0.0606. The molecule has 2 saturated carbocycles. The zero-order valence-corrected chi connectivity index (χ0v) is 10.5. The fraction of sp³-hybridized carbons (Fsp3) is 0.923. The van der Waals surface area contributed by atoms with Crippen molar-refractivity contribution >= 4 is 6.03 Å². The molecule has 2 amide bonds. The molecule has 4 nitrogen and oxygen atoms in total. The van der Waals surface area contributed by atoms with E-state index in [1.807, 2.05) is 0 Å². The lowest BCUT2D eigenvalue weighted by molar-refractivity contribution is 0.124. The Balaban J connectivity index is 1.82. The SMILES string of the molecule is O=C(NC1CCCC1)NC1(CO)CCCCC1. The van der Waals surface area contributed by atoms with Gasteiger partial charge in [0.25, 0.3) is 0 Å². The molecule has 3 N–H and O–H groups in total. The van der Waals surface area contributed by atoms with Gasteiger partial charge in [-0.3, -0.25) is 0 Å². The van der Waals surface area contributed by atoms with Crippen molar-refractivity contribution in [3.05, 3.63) is 0 Å². The van der Waals surface area contributed by atoms with E-state index in [-0.39, 0.29) is 18.2 Å². The van der Waals surface area contributed by atoms with Crippen LogP contribution in [0.4, 0.5) is 4.79 Å². The third-order valence-corrected chi connectivity index (χ3v) is 4.18. The molecule has 0 aromatic rings. The van der Waals surface area contributed by atoms with Crippen LogP contribution in [-0.2, 0) is 0 Å². The van der Waals surface area contributed by atoms with Crippen molar-refractivity contribution in [2.45, 2.75) is 69.4 Å². The number of rotatable bonds is 3. The Morgan fingerprint density at radius 2 is 1.76 bits per heavy atom. The van der Waals surface area contributed by atoms with Gasteiger partial charge in [-0.1, -0.05) is 32.1 Å². The summed E-state index contributed by atoms with van der Waals surface area (Å²) in [5.41, 5.74) is -0.360. The van der Waals surface area contributed by atoms with Crippen molar-refractivity contribution in [1.29, 1.82) is 0 Å². The molecule has 0 radical (unpaired) electrons. The fourth-order valence-electron chi connectivity index (χ4n) is 3.08. The van der Waals surface area contributed by atoms with E-state index in [0.29, 0.717) is 6.04 Å². The van der Waals surface area contributed by atoms with E-state index in [1.165, 1.54) is 19.3 Å². The largest absolute Gasteiger partial charge is 0.394 e. The van der Waals surface area contributed by atoms with Crippen molar-refractivity contribution in [2.24, 2.45) is 0 Å². The lowest BCUT2D eigenvalue weighted by Gasteiger charge is -2.36. The first kappa shape index (κ1) is 12.7. The van der Waals surface area contributed by atoms with Crippen LogP contribution in [0.5, 0.6) is 0 Å². The first-order valence-electron chi connectivity index (χ1n) is 6.94. The van der Waals surface area contributed by atoms with Crippen LogP contribution in [0, 0.1) is 0 Å². The highest BCUT2D eigenvalue weighted by Gasteiger charge is 2.33. The maximum atomic E-state index is 11.9. The van der Waals surface area contributed by atoms with Gasteiger partial charge in [-0.15, -0.1) is 0 Å². The lowest BCUT2D eigenvalue weighted by atomic mass is 9.82. The van der Waals surface area contributed by atoms with Crippen LogP contribution in [-0.4, -0.2) is 29.3 Å². The van der Waals surface area contributed by atoms with Crippen LogP contribution in [0.2, 0.25) is 0 Å². The fourth-order valence-corrected chi connectivity index (χ4v) is 3.08. The Labute approximate surface area is 103 Å². The Bertz CT molecular complexity index is 256. The molecular weight excluding hydrogens is 216 g/mol. The minimum atomic E-state index is -0.360. The first-order chi connectivity index (χ1) is 8.24. The number of carbonyl (C=O) groups excluding carboxylic acids is 1. The summed E-state index contributed by atoms with van der Waals surface area (Å²) < 4.78 is 0. The first-order valence-corrected chi connectivity index (χ1v) is 6.94. The molecule has 0 aliphatic heterocycles. The molecule has 2 aliphatic rings. The molecule has 0 saturated heterocycles. The van der Waals surface area contributed by atoms with E-state index in [2.05, 4.69) is 10.6 Å². The van der Waals surface area contributed by atoms with Crippen LogP contribution in [0.3, 0.4) is 0 Å². The van der Waals surface area contributed by atoms with E-state index in [1.54, 1.807) is 0 Å². The van der Waals surface area contributed by atoms with Crippen molar-refractivity contribution in [3.8, 4) is 0 Å². The van der Waals surface area contributed by atoms with Crippen LogP contribution >= 0.6 is 0 Å². The van der Waals surface area contributed by atoms with Crippen LogP contribution in [0.25, 0.3) is 0 Å². The molecule has 0 unspecified atom stereocenters. The predicted octanol–water partition coefficient (Wildman–Crippen LogP) is 1.92. The Hall–Kier alpha value is -0.770. The molecule has 0 spiro atoms. The normalized spacial score (nSPS) is 24.5. The van der Waals surface area contributed by atoms with Gasteiger partial charge in [-0.25, -0.2) is 4.79 Å². The second-order valence-corrected chi connectivity index (χ2v) is 5.58. The highest BCUT2D eigenvalue weighted by atomic mass is 16.3. The minimum Gasteiger partial charge on any atom is -0.394 e.